The van der Waals surface area contributed by atoms with Gasteiger partial charge in [0, 0.05) is 65.4 Å². The maximum Gasteiger partial charge on any atom is 0.127 e. The van der Waals surface area contributed by atoms with Crippen LogP contribution in [0.25, 0.3) is 0 Å². The zero-order chi connectivity index (χ0) is 18.3. The summed E-state index contributed by atoms with van der Waals surface area (Å²) in [7, 11) is 0. The first-order valence-corrected chi connectivity index (χ1v) is 8.99. The van der Waals surface area contributed by atoms with Crippen molar-refractivity contribution in [2.75, 3.05) is 0 Å². The fourth-order valence-electron chi connectivity index (χ4n) is 2.84. The average molecular weight is 560 g/mol. The molecule has 0 spiro atoms. The largest absolute Gasteiger partial charge is 0.457 e. The molecular weight excluding hydrogens is 534 g/mol. The van der Waals surface area contributed by atoms with E-state index in [1.807, 2.05) is 84.9 Å². The molecule has 0 amide bonds. The van der Waals surface area contributed by atoms with Gasteiger partial charge in [-0.15, -0.1) is 0 Å². The van der Waals surface area contributed by atoms with Crippen LogP contribution >= 0.6 is 0 Å². The number of para-hydroxylation sites is 2. The van der Waals surface area contributed by atoms with Crippen LogP contribution in [0, 0.1) is 14.9 Å². The van der Waals surface area contributed by atoms with Gasteiger partial charge in [0.25, 0.3) is 0 Å². The Balaban J connectivity index is 0.00000225. The van der Waals surface area contributed by atoms with Crippen molar-refractivity contribution in [2.45, 2.75) is 6.42 Å². The van der Waals surface area contributed by atoms with Gasteiger partial charge < -0.3 is 24.3 Å². The monoisotopic (exact) mass is 560 g/mol. The zero-order valence-corrected chi connectivity index (χ0v) is 23.7. The molecule has 0 aliphatic carbocycles. The molecule has 0 N–H and O–H groups in total. The third kappa shape index (κ3) is 9.37. The van der Waals surface area contributed by atoms with Gasteiger partial charge in [-0.25, -0.2) is 0 Å². The first-order chi connectivity index (χ1) is 13.3. The quantitative estimate of drug-likeness (QED) is 0.225. The molecule has 2 radical (unpaired) electrons. The van der Waals surface area contributed by atoms with Gasteiger partial charge in [0.2, 0.25) is 0 Å². The molecule has 0 atom stereocenters. The molecule has 2 nitrogen and oxygen atoms in total. The van der Waals surface area contributed by atoms with Crippen molar-refractivity contribution in [3.8, 4) is 23.0 Å². The van der Waals surface area contributed by atoms with Crippen molar-refractivity contribution >= 4 is 0 Å². The Kier molecular flexibility index (Phi) is 14.8. The minimum Gasteiger partial charge on any atom is -0.457 e. The van der Waals surface area contributed by atoms with E-state index in [1.54, 1.807) is 0 Å². The summed E-state index contributed by atoms with van der Waals surface area (Å²) in [5.74, 6) is 3.38. The number of rotatable bonds is 6. The fourth-order valence-corrected chi connectivity index (χ4v) is 2.84. The molecule has 4 rings (SSSR count). The normalized spacial score (nSPS) is 9.03. The average Bonchev–Trinajstić information content (AvgIpc) is 2.73. The SMILES string of the molecule is [CH3-].[CH3-].[Y].[Y].c1ccc(Oc2ccc(Cc3ccc(Oc4ccccc4)cc3)cc2)cc1. The number of hydrogen-bond acceptors (Lipinski definition) is 2. The second kappa shape index (κ2) is 15.5. The van der Waals surface area contributed by atoms with Crippen LogP contribution in [0.15, 0.2) is 109 Å². The number of hydrogen-bond donors (Lipinski definition) is 0. The molecule has 0 aliphatic heterocycles. The summed E-state index contributed by atoms with van der Waals surface area (Å²) in [6, 6.07) is 36.1. The first kappa shape index (κ1) is 29.7. The minimum absolute atomic E-state index is 0. The van der Waals surface area contributed by atoms with Gasteiger partial charge in [-0.3, -0.25) is 0 Å². The molecule has 0 bridgehead atoms. The molecular formula is C27H26O2Y2-2. The minimum atomic E-state index is 0. The maximum absolute atomic E-state index is 5.84. The second-order valence-electron chi connectivity index (χ2n) is 6.29. The van der Waals surface area contributed by atoms with Crippen molar-refractivity contribution in [2.24, 2.45) is 0 Å². The molecule has 0 heterocycles. The third-order valence-electron chi connectivity index (χ3n) is 4.21. The van der Waals surface area contributed by atoms with Crippen molar-refractivity contribution in [1.82, 2.24) is 0 Å². The van der Waals surface area contributed by atoms with Gasteiger partial charge in [0.1, 0.15) is 23.0 Å². The second-order valence-corrected chi connectivity index (χ2v) is 6.29. The van der Waals surface area contributed by atoms with Gasteiger partial charge in [-0.1, -0.05) is 60.7 Å². The van der Waals surface area contributed by atoms with Crippen molar-refractivity contribution in [1.29, 1.82) is 0 Å². The Bertz CT molecular complexity index is 888. The van der Waals surface area contributed by atoms with Gasteiger partial charge in [0.05, 0.1) is 0 Å². The molecule has 0 saturated carbocycles. The molecule has 0 saturated heterocycles. The topological polar surface area (TPSA) is 18.5 Å². The van der Waals surface area contributed by atoms with Gasteiger partial charge in [-0.05, 0) is 66.1 Å². The van der Waals surface area contributed by atoms with Crippen LogP contribution < -0.4 is 9.47 Å². The molecule has 0 fully saturated rings. The van der Waals surface area contributed by atoms with E-state index in [-0.39, 0.29) is 80.3 Å². The van der Waals surface area contributed by atoms with Crippen LogP contribution in [0.4, 0.5) is 0 Å². The number of ether oxygens (including phenoxy) is 2. The summed E-state index contributed by atoms with van der Waals surface area (Å²) in [5.41, 5.74) is 2.49. The molecule has 4 aromatic rings. The molecule has 0 unspecified atom stereocenters. The van der Waals surface area contributed by atoms with E-state index >= 15 is 0 Å². The maximum atomic E-state index is 5.84. The van der Waals surface area contributed by atoms with Crippen LogP contribution in [0.5, 0.6) is 23.0 Å². The molecule has 0 aromatic heterocycles. The Morgan fingerprint density at radius 3 is 1.00 bits per heavy atom. The summed E-state index contributed by atoms with van der Waals surface area (Å²) < 4.78 is 11.7. The van der Waals surface area contributed by atoms with E-state index in [0.29, 0.717) is 0 Å². The fraction of sp³-hybridized carbons (Fsp3) is 0.0370. The summed E-state index contributed by atoms with van der Waals surface area (Å²) >= 11 is 0. The van der Waals surface area contributed by atoms with Crippen LogP contribution in [-0.4, -0.2) is 0 Å². The number of benzene rings is 4. The standard InChI is InChI=1S/C25H20O2.2CH3.2Y/c1-3-7-22(8-4-1)26-24-15-11-20(12-16-24)19-21-13-17-25(18-14-21)27-23-9-5-2-6-10-23;;;;/h1-18H,19H2;2*1H3;;/q;2*-1;;. The van der Waals surface area contributed by atoms with Crippen molar-refractivity contribution < 1.29 is 74.9 Å². The summed E-state index contributed by atoms with van der Waals surface area (Å²) in [6.45, 7) is 0. The molecule has 4 heteroatoms. The Morgan fingerprint density at radius 1 is 0.387 bits per heavy atom. The summed E-state index contributed by atoms with van der Waals surface area (Å²) in [6.07, 6.45) is 0.872. The van der Waals surface area contributed by atoms with Gasteiger partial charge in [-0.2, -0.15) is 0 Å². The van der Waals surface area contributed by atoms with E-state index in [4.69, 9.17) is 9.47 Å². The first-order valence-electron chi connectivity index (χ1n) is 8.99. The molecule has 154 valence electrons. The molecule has 0 aliphatic rings. The van der Waals surface area contributed by atoms with Crippen LogP contribution in [0.2, 0.25) is 0 Å². The predicted octanol–water partition coefficient (Wildman–Crippen LogP) is 7.76. The van der Waals surface area contributed by atoms with Crippen LogP contribution in [0.3, 0.4) is 0 Å². The van der Waals surface area contributed by atoms with Crippen LogP contribution in [-0.2, 0) is 71.8 Å². The Morgan fingerprint density at radius 2 is 0.677 bits per heavy atom. The van der Waals surface area contributed by atoms with Gasteiger partial charge >= 0.3 is 0 Å². The molecule has 31 heavy (non-hydrogen) atoms. The zero-order valence-electron chi connectivity index (χ0n) is 18.1. The van der Waals surface area contributed by atoms with E-state index in [2.05, 4.69) is 24.3 Å². The summed E-state index contributed by atoms with van der Waals surface area (Å²) in [4.78, 5) is 0. The Hall–Kier alpha value is -1.31. The molecule has 4 aromatic carbocycles. The van der Waals surface area contributed by atoms with E-state index < -0.39 is 0 Å². The summed E-state index contributed by atoms with van der Waals surface area (Å²) in [5, 5.41) is 0. The van der Waals surface area contributed by atoms with E-state index in [0.717, 1.165) is 29.4 Å². The van der Waals surface area contributed by atoms with Crippen LogP contribution in [0.1, 0.15) is 11.1 Å². The smallest absolute Gasteiger partial charge is 0.127 e. The van der Waals surface area contributed by atoms with Crippen molar-refractivity contribution in [3.63, 3.8) is 0 Å². The predicted molar refractivity (Wildman–Crippen MR) is 122 cm³/mol. The van der Waals surface area contributed by atoms with Crippen molar-refractivity contribution in [3.05, 3.63) is 135 Å². The van der Waals surface area contributed by atoms with E-state index in [9.17, 15) is 0 Å². The van der Waals surface area contributed by atoms with Gasteiger partial charge in [0.15, 0.2) is 0 Å². The third-order valence-corrected chi connectivity index (χ3v) is 4.21. The Labute approximate surface area is 237 Å². The van der Waals surface area contributed by atoms with E-state index in [1.165, 1.54) is 11.1 Å².